The van der Waals surface area contributed by atoms with E-state index in [1.165, 1.54) is 17.3 Å². The molecular weight excluding hydrogens is 358 g/mol. The van der Waals surface area contributed by atoms with Gasteiger partial charge >= 0.3 is 0 Å². The number of thioether (sulfide) groups is 1. The molecule has 8 heteroatoms. The van der Waals surface area contributed by atoms with Crippen LogP contribution in [0.2, 0.25) is 0 Å². The summed E-state index contributed by atoms with van der Waals surface area (Å²) in [7, 11) is -2.91. The first-order valence-corrected chi connectivity index (χ1v) is 10.8. The van der Waals surface area contributed by atoms with Crippen LogP contribution in [0.3, 0.4) is 0 Å². The molecule has 0 spiro atoms. The van der Waals surface area contributed by atoms with Crippen LogP contribution in [0, 0.1) is 24.2 Å². The Bertz CT molecular complexity index is 869. The minimum Gasteiger partial charge on any atom is -0.416 e. The fourth-order valence-electron chi connectivity index (χ4n) is 2.82. The van der Waals surface area contributed by atoms with Crippen molar-refractivity contribution < 1.29 is 12.8 Å². The fourth-order valence-corrected chi connectivity index (χ4v) is 5.49. The summed E-state index contributed by atoms with van der Waals surface area (Å²) in [4.78, 5) is 0. The number of nitriles is 1. The molecule has 1 aromatic carbocycles. The lowest BCUT2D eigenvalue weighted by Crippen LogP contribution is -2.07. The quantitative estimate of drug-likeness (QED) is 0.714. The van der Waals surface area contributed by atoms with Gasteiger partial charge in [0.25, 0.3) is 5.22 Å². The molecule has 0 aliphatic carbocycles. The minimum absolute atomic E-state index is 0.0441. The number of sulfone groups is 1. The highest BCUT2D eigenvalue weighted by atomic mass is 32.2. The van der Waals surface area contributed by atoms with Crippen molar-refractivity contribution in [2.75, 3.05) is 11.5 Å². The summed E-state index contributed by atoms with van der Waals surface area (Å²) in [5, 5.41) is 17.4. The molecule has 0 bridgehead atoms. The molecule has 0 N–H and O–H groups in total. The highest BCUT2D eigenvalue weighted by molar-refractivity contribution is 7.99. The summed E-state index contributed by atoms with van der Waals surface area (Å²) in [6.07, 6.45) is 1.71. The average Bonchev–Trinajstić information content (AvgIpc) is 3.15. The molecule has 0 amide bonds. The van der Waals surface area contributed by atoms with E-state index in [1.807, 2.05) is 31.2 Å². The zero-order valence-corrected chi connectivity index (χ0v) is 15.5. The maximum atomic E-state index is 11.5. The number of nitrogens with zero attached hydrogens (tertiary/aromatic N) is 3. The van der Waals surface area contributed by atoms with Gasteiger partial charge in [0.05, 0.1) is 17.6 Å². The number of hydrogen-bond donors (Lipinski definition) is 0. The molecule has 2 aromatic rings. The molecular formula is C17H19N3O3S2. The Balaban J connectivity index is 1.58. The van der Waals surface area contributed by atoms with E-state index in [-0.39, 0.29) is 22.7 Å². The van der Waals surface area contributed by atoms with Gasteiger partial charge in [-0.15, -0.1) is 10.2 Å². The number of hydrogen-bond acceptors (Lipinski definition) is 7. The molecule has 1 aromatic heterocycles. The van der Waals surface area contributed by atoms with Crippen molar-refractivity contribution in [3.63, 3.8) is 0 Å². The summed E-state index contributed by atoms with van der Waals surface area (Å²) in [6.45, 7) is 2.02. The first-order valence-electron chi connectivity index (χ1n) is 8.08. The third-order valence-electron chi connectivity index (χ3n) is 4.17. The standard InChI is InChI=1S/C17H19N3O3S2/c1-12-2-4-13(5-3-12)8-15(10-18)24-17-20-19-16(23-17)9-14-6-7-25(21,22)11-14/h2-5,14-15H,6-9,11H2,1H3/t14-,15+/m0/s1. The van der Waals surface area contributed by atoms with Gasteiger partial charge < -0.3 is 4.42 Å². The van der Waals surface area contributed by atoms with Crippen LogP contribution in [-0.4, -0.2) is 35.4 Å². The third kappa shape index (κ3) is 5.06. The molecule has 0 unspecified atom stereocenters. The maximum Gasteiger partial charge on any atom is 0.277 e. The predicted octanol–water partition coefficient (Wildman–Crippen LogP) is 2.58. The Morgan fingerprint density at radius 1 is 1.36 bits per heavy atom. The van der Waals surface area contributed by atoms with Gasteiger partial charge in [0.15, 0.2) is 9.84 Å². The van der Waals surface area contributed by atoms with Crippen LogP contribution in [-0.2, 0) is 22.7 Å². The molecule has 3 rings (SSSR count). The second kappa shape index (κ2) is 7.58. The molecule has 6 nitrogen and oxygen atoms in total. The number of aryl methyl sites for hydroxylation is 1. The average molecular weight is 377 g/mol. The topological polar surface area (TPSA) is 96.9 Å². The van der Waals surface area contributed by atoms with Gasteiger partial charge in [-0.25, -0.2) is 8.42 Å². The molecule has 25 heavy (non-hydrogen) atoms. The smallest absolute Gasteiger partial charge is 0.277 e. The lowest BCUT2D eigenvalue weighted by molar-refractivity contribution is 0.389. The van der Waals surface area contributed by atoms with Gasteiger partial charge in [0.1, 0.15) is 5.25 Å². The van der Waals surface area contributed by atoms with E-state index in [1.54, 1.807) is 0 Å². The van der Waals surface area contributed by atoms with Crippen molar-refractivity contribution >= 4 is 21.6 Å². The summed E-state index contributed by atoms with van der Waals surface area (Å²) in [6, 6.07) is 10.3. The first kappa shape index (κ1) is 18.0. The fraction of sp³-hybridized carbons (Fsp3) is 0.471. The lowest BCUT2D eigenvalue weighted by atomic mass is 10.1. The van der Waals surface area contributed by atoms with Crippen LogP contribution in [0.4, 0.5) is 0 Å². The molecule has 0 saturated carbocycles. The maximum absolute atomic E-state index is 11.5. The molecule has 1 saturated heterocycles. The van der Waals surface area contributed by atoms with Gasteiger partial charge in [-0.2, -0.15) is 5.26 Å². The summed E-state index contributed by atoms with van der Waals surface area (Å²) >= 11 is 1.25. The van der Waals surface area contributed by atoms with Gasteiger partial charge in [0.2, 0.25) is 5.89 Å². The summed E-state index contributed by atoms with van der Waals surface area (Å²) in [5.41, 5.74) is 2.26. The lowest BCUT2D eigenvalue weighted by Gasteiger charge is -2.06. The van der Waals surface area contributed by atoms with Crippen LogP contribution in [0.15, 0.2) is 33.9 Å². The molecule has 1 aliphatic rings. The SMILES string of the molecule is Cc1ccc(C[C@H](C#N)Sc2nnc(C[C@@H]3CCS(=O)(=O)C3)o2)cc1. The molecule has 1 aliphatic heterocycles. The van der Waals surface area contributed by atoms with E-state index in [0.717, 1.165) is 5.56 Å². The van der Waals surface area contributed by atoms with Gasteiger partial charge in [-0.3, -0.25) is 0 Å². The summed E-state index contributed by atoms with van der Waals surface area (Å²) in [5.74, 6) is 0.909. The van der Waals surface area contributed by atoms with Crippen molar-refractivity contribution in [2.45, 2.75) is 36.7 Å². The van der Waals surface area contributed by atoms with E-state index in [2.05, 4.69) is 16.3 Å². The second-order valence-corrected chi connectivity index (χ2v) is 9.74. The monoisotopic (exact) mass is 377 g/mol. The van der Waals surface area contributed by atoms with Crippen molar-refractivity contribution in [2.24, 2.45) is 5.92 Å². The Kier molecular flexibility index (Phi) is 5.45. The third-order valence-corrected chi connectivity index (χ3v) is 6.93. The van der Waals surface area contributed by atoms with Gasteiger partial charge in [0, 0.05) is 6.42 Å². The second-order valence-electron chi connectivity index (χ2n) is 6.36. The van der Waals surface area contributed by atoms with Crippen LogP contribution in [0.25, 0.3) is 0 Å². The van der Waals surface area contributed by atoms with E-state index >= 15 is 0 Å². The zero-order valence-electron chi connectivity index (χ0n) is 13.9. The van der Waals surface area contributed by atoms with Crippen molar-refractivity contribution in [1.29, 1.82) is 5.26 Å². The van der Waals surface area contributed by atoms with Crippen molar-refractivity contribution in [1.82, 2.24) is 10.2 Å². The Morgan fingerprint density at radius 3 is 2.76 bits per heavy atom. The number of aromatic nitrogens is 2. The van der Waals surface area contributed by atoms with Crippen molar-refractivity contribution in [3.05, 3.63) is 41.3 Å². The van der Waals surface area contributed by atoms with Crippen LogP contribution < -0.4 is 0 Å². The van der Waals surface area contributed by atoms with Crippen LogP contribution >= 0.6 is 11.8 Å². The van der Waals surface area contributed by atoms with Gasteiger partial charge in [-0.1, -0.05) is 29.8 Å². The Hall–Kier alpha value is -1.85. The molecule has 132 valence electrons. The predicted molar refractivity (Wildman–Crippen MR) is 94.9 cm³/mol. The Morgan fingerprint density at radius 2 is 2.12 bits per heavy atom. The normalized spacial score (nSPS) is 20.2. The van der Waals surface area contributed by atoms with E-state index < -0.39 is 9.84 Å². The first-order chi connectivity index (χ1) is 11.9. The molecule has 2 heterocycles. The Labute approximate surface area is 151 Å². The highest BCUT2D eigenvalue weighted by Gasteiger charge is 2.29. The van der Waals surface area contributed by atoms with Gasteiger partial charge in [-0.05, 0) is 43.0 Å². The number of rotatable bonds is 6. The van der Waals surface area contributed by atoms with E-state index in [9.17, 15) is 13.7 Å². The molecule has 2 atom stereocenters. The van der Waals surface area contributed by atoms with E-state index in [4.69, 9.17) is 4.42 Å². The largest absolute Gasteiger partial charge is 0.416 e. The number of benzene rings is 1. The molecule has 0 radical (unpaired) electrons. The van der Waals surface area contributed by atoms with Crippen molar-refractivity contribution in [3.8, 4) is 6.07 Å². The molecule has 1 fully saturated rings. The minimum atomic E-state index is -2.91. The summed E-state index contributed by atoms with van der Waals surface area (Å²) < 4.78 is 28.6. The van der Waals surface area contributed by atoms with E-state index in [0.29, 0.717) is 30.4 Å². The zero-order chi connectivity index (χ0) is 17.9. The van der Waals surface area contributed by atoms with Crippen LogP contribution in [0.5, 0.6) is 0 Å². The van der Waals surface area contributed by atoms with Crippen LogP contribution in [0.1, 0.15) is 23.4 Å². The highest BCUT2D eigenvalue weighted by Crippen LogP contribution is 2.27.